The van der Waals surface area contributed by atoms with E-state index in [0.29, 0.717) is 12.8 Å². The summed E-state index contributed by atoms with van der Waals surface area (Å²) in [5.41, 5.74) is 0. The van der Waals surface area contributed by atoms with Crippen LogP contribution in [-0.2, 0) is 28.6 Å². The number of carbonyl (C=O) groups is 3. The first kappa shape index (κ1) is 66.9. The van der Waals surface area contributed by atoms with Gasteiger partial charge >= 0.3 is 17.9 Å². The van der Waals surface area contributed by atoms with Gasteiger partial charge in [0.05, 0.1) is 6.42 Å². The Labute approximate surface area is 433 Å². The third-order valence-electron chi connectivity index (χ3n) is 13.0. The Hall–Kier alpha value is -3.15. The fourth-order valence-corrected chi connectivity index (χ4v) is 8.51. The summed E-state index contributed by atoms with van der Waals surface area (Å²) in [6.45, 7) is 6.46. The minimum atomic E-state index is -0.818. The molecule has 0 fully saturated rings. The molecule has 6 heteroatoms. The summed E-state index contributed by atoms with van der Waals surface area (Å²) < 4.78 is 16.8. The highest BCUT2D eigenvalue weighted by molar-refractivity contribution is 5.72. The Morgan fingerprint density at radius 2 is 0.614 bits per heavy atom. The van der Waals surface area contributed by atoms with Crippen molar-refractivity contribution in [3.8, 4) is 0 Å². The monoisotopic (exact) mass is 977 g/mol. The Kier molecular flexibility index (Phi) is 55.8. The number of carbonyl (C=O) groups excluding carboxylic acids is 3. The van der Waals surface area contributed by atoms with E-state index >= 15 is 0 Å². The van der Waals surface area contributed by atoms with Crippen molar-refractivity contribution in [3.05, 3.63) is 72.9 Å². The van der Waals surface area contributed by atoms with Crippen LogP contribution >= 0.6 is 0 Å². The first-order chi connectivity index (χ1) is 34.5. The van der Waals surface area contributed by atoms with E-state index in [1.807, 2.05) is 6.08 Å². The van der Waals surface area contributed by atoms with Gasteiger partial charge in [-0.3, -0.25) is 14.4 Å². The van der Waals surface area contributed by atoms with Gasteiger partial charge in [-0.1, -0.05) is 280 Å². The van der Waals surface area contributed by atoms with Crippen LogP contribution in [0.4, 0.5) is 0 Å². The zero-order valence-corrected chi connectivity index (χ0v) is 46.3. The van der Waals surface area contributed by atoms with E-state index in [1.165, 1.54) is 173 Å². The summed E-state index contributed by atoms with van der Waals surface area (Å²) in [5.74, 6) is -1.04. The van der Waals surface area contributed by atoms with Crippen molar-refractivity contribution in [2.24, 2.45) is 0 Å². The Morgan fingerprint density at radius 1 is 0.314 bits per heavy atom. The molecular formula is C64H112O6. The van der Waals surface area contributed by atoms with E-state index in [2.05, 4.69) is 81.5 Å². The smallest absolute Gasteiger partial charge is 0.309 e. The summed E-state index contributed by atoms with van der Waals surface area (Å²) in [6, 6.07) is 0. The molecule has 0 saturated carbocycles. The highest BCUT2D eigenvalue weighted by Gasteiger charge is 2.19. The minimum absolute atomic E-state index is 0.106. The minimum Gasteiger partial charge on any atom is -0.462 e. The van der Waals surface area contributed by atoms with Crippen molar-refractivity contribution in [1.29, 1.82) is 0 Å². The van der Waals surface area contributed by atoms with Gasteiger partial charge in [0, 0.05) is 12.8 Å². The predicted octanol–water partition coefficient (Wildman–Crippen LogP) is 20.2. The molecule has 404 valence electrons. The van der Waals surface area contributed by atoms with Gasteiger partial charge in [0.25, 0.3) is 0 Å². The van der Waals surface area contributed by atoms with Gasteiger partial charge in [-0.05, 0) is 70.6 Å². The third-order valence-corrected chi connectivity index (χ3v) is 13.0. The molecule has 0 heterocycles. The Morgan fingerprint density at radius 3 is 0.986 bits per heavy atom. The van der Waals surface area contributed by atoms with E-state index in [4.69, 9.17) is 14.2 Å². The zero-order valence-electron chi connectivity index (χ0n) is 46.3. The summed E-state index contributed by atoms with van der Waals surface area (Å²) in [5, 5.41) is 0. The van der Waals surface area contributed by atoms with Gasteiger partial charge < -0.3 is 14.2 Å². The molecule has 0 aliphatic rings. The molecule has 0 aromatic rings. The molecule has 0 aromatic heterocycles. The fraction of sp³-hybridized carbons (Fsp3) is 0.766. The molecule has 0 aliphatic carbocycles. The molecular weight excluding hydrogens is 865 g/mol. The van der Waals surface area contributed by atoms with Crippen LogP contribution in [0.25, 0.3) is 0 Å². The van der Waals surface area contributed by atoms with Crippen molar-refractivity contribution >= 4 is 17.9 Å². The molecule has 0 spiro atoms. The lowest BCUT2D eigenvalue weighted by Crippen LogP contribution is -2.30. The Bertz CT molecular complexity index is 1310. The van der Waals surface area contributed by atoms with Gasteiger partial charge in [-0.25, -0.2) is 0 Å². The molecule has 0 radical (unpaired) electrons. The van der Waals surface area contributed by atoms with Crippen molar-refractivity contribution in [3.63, 3.8) is 0 Å². The molecule has 0 aromatic carbocycles. The number of allylic oxidation sites excluding steroid dienone is 11. The number of hydrogen-bond donors (Lipinski definition) is 0. The van der Waals surface area contributed by atoms with Crippen LogP contribution in [0.1, 0.15) is 297 Å². The average Bonchev–Trinajstić information content (AvgIpc) is 3.36. The van der Waals surface area contributed by atoms with Gasteiger partial charge in [0.2, 0.25) is 0 Å². The molecule has 0 N–H and O–H groups in total. The molecule has 0 bridgehead atoms. The second-order valence-electron chi connectivity index (χ2n) is 19.9. The van der Waals surface area contributed by atoms with Crippen molar-refractivity contribution < 1.29 is 28.6 Å². The number of hydrogen-bond acceptors (Lipinski definition) is 6. The maximum atomic E-state index is 12.9. The Balaban J connectivity index is 4.41. The van der Waals surface area contributed by atoms with Crippen molar-refractivity contribution in [2.75, 3.05) is 13.2 Å². The summed E-state index contributed by atoms with van der Waals surface area (Å²) in [4.78, 5) is 38.1. The van der Waals surface area contributed by atoms with Gasteiger partial charge in [-0.15, -0.1) is 0 Å². The van der Waals surface area contributed by atoms with Crippen LogP contribution in [0.3, 0.4) is 0 Å². The maximum Gasteiger partial charge on any atom is 0.309 e. The summed E-state index contributed by atoms with van der Waals surface area (Å²) >= 11 is 0. The summed E-state index contributed by atoms with van der Waals surface area (Å²) in [7, 11) is 0. The second kappa shape index (κ2) is 58.4. The second-order valence-corrected chi connectivity index (χ2v) is 19.9. The van der Waals surface area contributed by atoms with Crippen LogP contribution in [0, 0.1) is 0 Å². The van der Waals surface area contributed by atoms with E-state index in [1.54, 1.807) is 6.08 Å². The molecule has 0 amide bonds. The highest BCUT2D eigenvalue weighted by Crippen LogP contribution is 2.17. The first-order valence-corrected chi connectivity index (χ1v) is 29.9. The number of unbranched alkanes of at least 4 members (excludes halogenated alkanes) is 32. The van der Waals surface area contributed by atoms with Crippen LogP contribution in [-0.4, -0.2) is 37.2 Å². The third kappa shape index (κ3) is 55.8. The normalized spacial score (nSPS) is 12.6. The van der Waals surface area contributed by atoms with E-state index in [0.717, 1.165) is 83.5 Å². The van der Waals surface area contributed by atoms with E-state index in [9.17, 15) is 14.4 Å². The molecule has 6 nitrogen and oxygen atoms in total. The van der Waals surface area contributed by atoms with Crippen LogP contribution < -0.4 is 0 Å². The van der Waals surface area contributed by atoms with E-state index < -0.39 is 12.1 Å². The molecule has 0 rings (SSSR count). The molecule has 70 heavy (non-hydrogen) atoms. The topological polar surface area (TPSA) is 78.9 Å². The lowest BCUT2D eigenvalue weighted by Gasteiger charge is -2.18. The van der Waals surface area contributed by atoms with Gasteiger partial charge in [-0.2, -0.15) is 0 Å². The average molecular weight is 978 g/mol. The molecule has 0 saturated heterocycles. The standard InChI is InChI=1S/C64H112O6/c1-4-7-10-13-16-19-22-25-28-30-31-32-33-34-37-39-42-45-48-51-54-57-63(66)69-60-61(59-68-62(65)56-53-50-47-44-41-38-35-27-24-21-18-15-12-9-6-3)70-64(67)58-55-52-49-46-43-40-36-29-26-23-20-17-14-11-8-5-2/h9,12,18,21,27,29,35-36,41,44,50,53,61H,4-8,10-11,13-17,19-20,22-26,28,30-34,37-40,42-43,45-49,51-52,54-60H2,1-3H3/b12-9-,21-18-,35-27-,36-29-,44-41-,53-50-. The first-order valence-electron chi connectivity index (χ1n) is 29.9. The van der Waals surface area contributed by atoms with Crippen molar-refractivity contribution in [1.82, 2.24) is 0 Å². The summed E-state index contributed by atoms with van der Waals surface area (Å²) in [6.07, 6.45) is 75.0. The maximum absolute atomic E-state index is 12.9. The molecule has 1 unspecified atom stereocenters. The van der Waals surface area contributed by atoms with Gasteiger partial charge in [0.15, 0.2) is 6.10 Å². The van der Waals surface area contributed by atoms with E-state index in [-0.39, 0.29) is 31.6 Å². The lowest BCUT2D eigenvalue weighted by molar-refractivity contribution is -0.166. The lowest BCUT2D eigenvalue weighted by atomic mass is 10.0. The van der Waals surface area contributed by atoms with Crippen LogP contribution in [0.2, 0.25) is 0 Å². The number of esters is 3. The zero-order chi connectivity index (χ0) is 50.7. The van der Waals surface area contributed by atoms with Crippen LogP contribution in [0.5, 0.6) is 0 Å². The van der Waals surface area contributed by atoms with Gasteiger partial charge in [0.1, 0.15) is 13.2 Å². The number of rotatable bonds is 54. The largest absolute Gasteiger partial charge is 0.462 e. The fourth-order valence-electron chi connectivity index (χ4n) is 8.51. The van der Waals surface area contributed by atoms with Crippen molar-refractivity contribution in [2.45, 2.75) is 303 Å². The molecule has 1 atom stereocenters. The number of ether oxygens (including phenoxy) is 3. The quantitative estimate of drug-likeness (QED) is 0.0261. The molecule has 0 aliphatic heterocycles. The predicted molar refractivity (Wildman–Crippen MR) is 302 cm³/mol. The SMILES string of the molecule is CC/C=C\C/C=C\C/C=C\C/C=C\C/C=C\CC(=O)OCC(COC(=O)CCCCCCCCCCCCCCCCCCCCCCC)OC(=O)CCCCCCC/C=C\CCCCCCCCC. The van der Waals surface area contributed by atoms with Crippen LogP contribution in [0.15, 0.2) is 72.9 Å². The highest BCUT2D eigenvalue weighted by atomic mass is 16.6.